The lowest BCUT2D eigenvalue weighted by molar-refractivity contribution is 0.0949. The van der Waals surface area contributed by atoms with Crippen LogP contribution in [0.1, 0.15) is 39.8 Å². The van der Waals surface area contributed by atoms with Gasteiger partial charge in [-0.2, -0.15) is 0 Å². The second-order valence-electron chi connectivity index (χ2n) is 7.72. The molecule has 0 aliphatic heterocycles. The lowest BCUT2D eigenvalue weighted by Crippen LogP contribution is -2.24. The Morgan fingerprint density at radius 1 is 0.939 bits per heavy atom. The minimum Gasteiger partial charge on any atom is -0.345 e. The summed E-state index contributed by atoms with van der Waals surface area (Å²) in [6, 6.07) is 22.1. The number of rotatable bonds is 8. The van der Waals surface area contributed by atoms with Crippen molar-refractivity contribution < 1.29 is 9.18 Å². The summed E-state index contributed by atoms with van der Waals surface area (Å²) in [5, 5.41) is 12.4. The van der Waals surface area contributed by atoms with E-state index in [0.717, 1.165) is 23.2 Å². The van der Waals surface area contributed by atoms with E-state index in [1.165, 1.54) is 29.5 Å². The number of thioether (sulfide) groups is 1. The monoisotopic (exact) mass is 460 g/mol. The van der Waals surface area contributed by atoms with Crippen LogP contribution in [0.15, 0.2) is 78.0 Å². The van der Waals surface area contributed by atoms with Crippen molar-refractivity contribution in [2.24, 2.45) is 0 Å². The van der Waals surface area contributed by atoms with E-state index < -0.39 is 0 Å². The van der Waals surface area contributed by atoms with Crippen LogP contribution in [0.2, 0.25) is 0 Å². The summed E-state index contributed by atoms with van der Waals surface area (Å²) in [5.41, 5.74) is 4.86. The van der Waals surface area contributed by atoms with Crippen LogP contribution >= 0.6 is 11.8 Å². The Bertz CT molecular complexity index is 1220. The molecule has 0 fully saturated rings. The van der Waals surface area contributed by atoms with Crippen LogP contribution in [-0.4, -0.2) is 20.7 Å². The summed E-state index contributed by atoms with van der Waals surface area (Å²) in [6.45, 7) is 4.36. The molecule has 0 bridgehead atoms. The van der Waals surface area contributed by atoms with Crippen molar-refractivity contribution in [3.8, 4) is 5.69 Å². The van der Waals surface area contributed by atoms with Crippen LogP contribution in [-0.2, 0) is 18.7 Å². The number of carbonyl (C=O) groups is 1. The van der Waals surface area contributed by atoms with Crippen LogP contribution in [0.25, 0.3) is 5.69 Å². The molecule has 0 aliphatic rings. The van der Waals surface area contributed by atoms with Crippen LogP contribution in [0.4, 0.5) is 4.39 Å². The normalized spacial score (nSPS) is 10.9. The second kappa shape index (κ2) is 10.4. The van der Waals surface area contributed by atoms with Gasteiger partial charge in [0.05, 0.1) is 6.54 Å². The molecule has 3 aromatic carbocycles. The maximum absolute atomic E-state index is 13.2. The maximum atomic E-state index is 13.2. The number of aryl methyl sites for hydroxylation is 2. The van der Waals surface area contributed by atoms with Crippen molar-refractivity contribution in [3.05, 3.63) is 107 Å². The van der Waals surface area contributed by atoms with Crippen LogP contribution in [0, 0.1) is 12.7 Å². The van der Waals surface area contributed by atoms with Gasteiger partial charge >= 0.3 is 0 Å². The smallest absolute Gasteiger partial charge is 0.251 e. The average Bonchev–Trinajstić information content (AvgIpc) is 3.25. The topological polar surface area (TPSA) is 59.8 Å². The van der Waals surface area contributed by atoms with Gasteiger partial charge in [0.2, 0.25) is 0 Å². The van der Waals surface area contributed by atoms with Gasteiger partial charge in [-0.1, -0.05) is 60.6 Å². The van der Waals surface area contributed by atoms with Crippen LogP contribution in [0.5, 0.6) is 0 Å². The molecule has 7 heteroatoms. The van der Waals surface area contributed by atoms with Crippen molar-refractivity contribution in [1.29, 1.82) is 0 Å². The fourth-order valence-electron chi connectivity index (χ4n) is 3.34. The van der Waals surface area contributed by atoms with Gasteiger partial charge in [-0.25, -0.2) is 4.39 Å². The van der Waals surface area contributed by atoms with E-state index in [4.69, 9.17) is 0 Å². The number of aromatic nitrogens is 3. The molecular weight excluding hydrogens is 435 g/mol. The number of nitrogens with one attached hydrogen (secondary N) is 1. The summed E-state index contributed by atoms with van der Waals surface area (Å²) in [5.74, 6) is 0.852. The molecule has 33 heavy (non-hydrogen) atoms. The highest BCUT2D eigenvalue weighted by atomic mass is 32.2. The van der Waals surface area contributed by atoms with E-state index in [1.807, 2.05) is 60.0 Å². The predicted octanol–water partition coefficient (Wildman–Crippen LogP) is 5.50. The first-order valence-electron chi connectivity index (χ1n) is 10.8. The van der Waals surface area contributed by atoms with Crippen molar-refractivity contribution in [2.45, 2.75) is 37.7 Å². The van der Waals surface area contributed by atoms with Gasteiger partial charge in [-0.05, 0) is 60.9 Å². The first-order chi connectivity index (χ1) is 16.0. The molecule has 168 valence electrons. The zero-order chi connectivity index (χ0) is 23.2. The molecule has 0 atom stereocenters. The SMILES string of the molecule is CCc1ccc(C(=O)NCc2nnc(SCc3ccc(F)cc3)n2-c2ccc(C)cc2)cc1. The lowest BCUT2D eigenvalue weighted by Gasteiger charge is -2.12. The number of hydrogen-bond donors (Lipinski definition) is 1. The van der Waals surface area contributed by atoms with E-state index in [0.29, 0.717) is 22.3 Å². The summed E-state index contributed by atoms with van der Waals surface area (Å²) in [4.78, 5) is 12.7. The Morgan fingerprint density at radius 3 is 2.27 bits per heavy atom. The van der Waals surface area contributed by atoms with E-state index in [-0.39, 0.29) is 18.3 Å². The summed E-state index contributed by atoms with van der Waals surface area (Å²) in [7, 11) is 0. The van der Waals surface area contributed by atoms with Gasteiger partial charge in [-0.3, -0.25) is 9.36 Å². The third-order valence-electron chi connectivity index (χ3n) is 5.31. The Morgan fingerprint density at radius 2 is 1.61 bits per heavy atom. The van der Waals surface area contributed by atoms with Gasteiger partial charge in [0.25, 0.3) is 5.91 Å². The second-order valence-corrected chi connectivity index (χ2v) is 8.66. The van der Waals surface area contributed by atoms with Gasteiger partial charge < -0.3 is 5.32 Å². The number of hydrogen-bond acceptors (Lipinski definition) is 4. The molecular formula is C26H25FN4OS. The van der Waals surface area contributed by atoms with E-state index in [9.17, 15) is 9.18 Å². The fraction of sp³-hybridized carbons (Fsp3) is 0.192. The minimum atomic E-state index is -0.256. The molecule has 1 heterocycles. The van der Waals surface area contributed by atoms with Crippen molar-refractivity contribution in [1.82, 2.24) is 20.1 Å². The summed E-state index contributed by atoms with van der Waals surface area (Å²) >= 11 is 1.51. The quantitative estimate of drug-likeness (QED) is 0.353. The molecule has 1 amide bonds. The summed E-state index contributed by atoms with van der Waals surface area (Å²) in [6.07, 6.45) is 0.930. The molecule has 4 aromatic rings. The van der Waals surface area contributed by atoms with Crippen LogP contribution < -0.4 is 5.32 Å². The zero-order valence-electron chi connectivity index (χ0n) is 18.6. The number of halogens is 1. The van der Waals surface area contributed by atoms with Crippen molar-refractivity contribution >= 4 is 17.7 Å². The van der Waals surface area contributed by atoms with E-state index >= 15 is 0 Å². The predicted molar refractivity (Wildman–Crippen MR) is 129 cm³/mol. The van der Waals surface area contributed by atoms with Gasteiger partial charge in [0.1, 0.15) is 5.82 Å². The standard InChI is InChI=1S/C26H25FN4OS/c1-3-19-6-10-21(11-7-19)25(32)28-16-24-29-30-26(31(24)23-14-4-18(2)5-15-23)33-17-20-8-12-22(27)13-9-20/h4-15H,3,16-17H2,1-2H3,(H,28,32). The fourth-order valence-corrected chi connectivity index (χ4v) is 4.27. The molecule has 0 aliphatic carbocycles. The Kier molecular flexibility index (Phi) is 7.19. The third kappa shape index (κ3) is 5.68. The zero-order valence-corrected chi connectivity index (χ0v) is 19.4. The van der Waals surface area contributed by atoms with Gasteiger partial charge in [-0.15, -0.1) is 10.2 Å². The molecule has 5 nitrogen and oxygen atoms in total. The summed E-state index contributed by atoms with van der Waals surface area (Å²) < 4.78 is 15.2. The number of benzene rings is 3. The van der Waals surface area contributed by atoms with Crippen LogP contribution in [0.3, 0.4) is 0 Å². The largest absolute Gasteiger partial charge is 0.345 e. The molecule has 4 rings (SSSR count). The van der Waals surface area contributed by atoms with Crippen molar-refractivity contribution in [3.63, 3.8) is 0 Å². The van der Waals surface area contributed by atoms with Gasteiger partial charge in [0, 0.05) is 17.0 Å². The maximum Gasteiger partial charge on any atom is 0.251 e. The third-order valence-corrected chi connectivity index (χ3v) is 6.31. The Labute approximate surface area is 197 Å². The average molecular weight is 461 g/mol. The lowest BCUT2D eigenvalue weighted by atomic mass is 10.1. The first-order valence-corrected chi connectivity index (χ1v) is 11.8. The molecule has 0 saturated heterocycles. The molecule has 0 radical (unpaired) electrons. The number of nitrogens with zero attached hydrogens (tertiary/aromatic N) is 3. The number of carbonyl (C=O) groups excluding carboxylic acids is 1. The van der Waals surface area contributed by atoms with E-state index in [2.05, 4.69) is 22.4 Å². The molecule has 0 unspecified atom stereocenters. The Balaban J connectivity index is 1.54. The highest BCUT2D eigenvalue weighted by Crippen LogP contribution is 2.25. The molecule has 0 saturated carbocycles. The molecule has 1 aromatic heterocycles. The highest BCUT2D eigenvalue weighted by Gasteiger charge is 2.16. The number of amides is 1. The van der Waals surface area contributed by atoms with Crippen molar-refractivity contribution in [2.75, 3.05) is 0 Å². The van der Waals surface area contributed by atoms with Gasteiger partial charge in [0.15, 0.2) is 11.0 Å². The Hall–Kier alpha value is -3.45. The minimum absolute atomic E-state index is 0.156. The highest BCUT2D eigenvalue weighted by molar-refractivity contribution is 7.98. The van der Waals surface area contributed by atoms with E-state index in [1.54, 1.807) is 12.1 Å². The first kappa shape index (κ1) is 22.7. The molecule has 1 N–H and O–H groups in total. The molecule has 0 spiro atoms.